The van der Waals surface area contributed by atoms with Crippen LogP contribution in [0.4, 0.5) is 0 Å². The molecule has 1 aromatic heterocycles. The Hall–Kier alpha value is -2.07. The van der Waals surface area contributed by atoms with Crippen molar-refractivity contribution >= 4 is 11.6 Å². The van der Waals surface area contributed by atoms with E-state index in [2.05, 4.69) is 5.32 Å². The van der Waals surface area contributed by atoms with Gasteiger partial charge in [0.05, 0.1) is 12.6 Å². The number of hydrogen-bond donors (Lipinski definition) is 2. The fourth-order valence-electron chi connectivity index (χ4n) is 2.52. The minimum Gasteiger partial charge on any atom is -0.460 e. The average molecular weight is 342 g/mol. The quantitative estimate of drug-likeness (QED) is 0.667. The number of nitrogens with one attached hydrogen (secondary N) is 1. The van der Waals surface area contributed by atoms with Crippen LogP contribution in [0.25, 0.3) is 11.3 Å². The summed E-state index contributed by atoms with van der Waals surface area (Å²) in [6.07, 6.45) is -0.458. The average Bonchev–Trinajstić information content (AvgIpc) is 3.05. The number of benzene rings is 2. The van der Waals surface area contributed by atoms with Crippen LogP contribution in [0.5, 0.6) is 0 Å². The van der Waals surface area contributed by atoms with E-state index < -0.39 is 6.10 Å². The van der Waals surface area contributed by atoms with E-state index in [1.165, 1.54) is 0 Å². The van der Waals surface area contributed by atoms with Gasteiger partial charge in [-0.3, -0.25) is 0 Å². The predicted octanol–water partition coefficient (Wildman–Crippen LogP) is 4.94. The summed E-state index contributed by atoms with van der Waals surface area (Å²) in [6.45, 7) is 3.08. The molecule has 1 heterocycles. The monoisotopic (exact) mass is 341 g/mol. The summed E-state index contributed by atoms with van der Waals surface area (Å²) >= 11 is 6.14. The lowest BCUT2D eigenvalue weighted by atomic mass is 10.1. The van der Waals surface area contributed by atoms with Gasteiger partial charge in [0.25, 0.3) is 0 Å². The Morgan fingerprint density at radius 2 is 1.75 bits per heavy atom. The topological polar surface area (TPSA) is 45.4 Å². The first-order chi connectivity index (χ1) is 11.6. The second-order valence-corrected chi connectivity index (χ2v) is 6.17. The van der Waals surface area contributed by atoms with Crippen molar-refractivity contribution in [3.05, 3.63) is 82.6 Å². The van der Waals surface area contributed by atoms with E-state index in [0.717, 1.165) is 33.2 Å². The first kappa shape index (κ1) is 16.8. The third-order valence-corrected chi connectivity index (χ3v) is 4.28. The zero-order chi connectivity index (χ0) is 16.9. The maximum atomic E-state index is 9.56. The van der Waals surface area contributed by atoms with Crippen LogP contribution in [0.2, 0.25) is 5.02 Å². The lowest BCUT2D eigenvalue weighted by molar-refractivity contribution is 0.199. The van der Waals surface area contributed by atoms with Crippen molar-refractivity contribution in [1.82, 2.24) is 5.32 Å². The first-order valence-electron chi connectivity index (χ1n) is 7.95. The predicted molar refractivity (Wildman–Crippen MR) is 96.8 cm³/mol. The Balaban J connectivity index is 1.60. The number of hydrogen-bond acceptors (Lipinski definition) is 3. The molecule has 0 spiro atoms. The van der Waals surface area contributed by atoms with Crippen LogP contribution in [0.3, 0.4) is 0 Å². The summed E-state index contributed by atoms with van der Waals surface area (Å²) in [6, 6.07) is 19.5. The maximum Gasteiger partial charge on any atom is 0.134 e. The normalized spacial score (nSPS) is 12.3. The fourth-order valence-corrected chi connectivity index (χ4v) is 2.72. The zero-order valence-corrected chi connectivity index (χ0v) is 14.3. The molecule has 0 unspecified atom stereocenters. The van der Waals surface area contributed by atoms with Crippen LogP contribution >= 0.6 is 11.6 Å². The lowest BCUT2D eigenvalue weighted by Crippen LogP contribution is -2.12. The molecule has 2 N–H and O–H groups in total. The molecular formula is C20H20ClNO2. The number of furan rings is 1. The molecule has 0 aliphatic heterocycles. The maximum absolute atomic E-state index is 9.56. The van der Waals surface area contributed by atoms with Gasteiger partial charge in [0.15, 0.2) is 0 Å². The van der Waals surface area contributed by atoms with Crippen molar-refractivity contribution < 1.29 is 9.52 Å². The van der Waals surface area contributed by atoms with E-state index in [1.54, 1.807) is 6.92 Å². The Bertz CT molecular complexity index is 793. The smallest absolute Gasteiger partial charge is 0.134 e. The van der Waals surface area contributed by atoms with E-state index in [4.69, 9.17) is 16.0 Å². The molecule has 0 saturated carbocycles. The molecule has 124 valence electrons. The Kier molecular flexibility index (Phi) is 5.36. The molecular weight excluding hydrogens is 322 g/mol. The Labute approximate surface area is 146 Å². The minimum absolute atomic E-state index is 0.458. The molecule has 0 fully saturated rings. The molecule has 0 aliphatic rings. The molecule has 0 amide bonds. The first-order valence-corrected chi connectivity index (χ1v) is 8.32. The number of aliphatic hydroxyl groups excluding tert-OH is 1. The molecule has 3 aromatic rings. The van der Waals surface area contributed by atoms with E-state index in [9.17, 15) is 5.11 Å². The van der Waals surface area contributed by atoms with Crippen molar-refractivity contribution in [3.8, 4) is 11.3 Å². The highest BCUT2D eigenvalue weighted by atomic mass is 35.5. The van der Waals surface area contributed by atoms with Gasteiger partial charge < -0.3 is 14.8 Å². The highest BCUT2D eigenvalue weighted by Gasteiger charge is 2.07. The molecule has 24 heavy (non-hydrogen) atoms. The number of halogens is 1. The highest BCUT2D eigenvalue weighted by molar-refractivity contribution is 6.31. The molecule has 1 atom stereocenters. The zero-order valence-electron chi connectivity index (χ0n) is 13.5. The summed E-state index contributed by atoms with van der Waals surface area (Å²) in [5.74, 6) is 1.69. The van der Waals surface area contributed by atoms with Gasteiger partial charge >= 0.3 is 0 Å². The standard InChI is InChI=1S/C20H20ClNO2/c1-14(23)15-6-8-16(9-7-15)20-11-10-18(24-20)13-22-12-17-4-2-3-5-19(17)21/h2-11,14,22-23H,12-13H2,1H3/t14-/m1/s1. The summed E-state index contributed by atoms with van der Waals surface area (Å²) in [7, 11) is 0. The summed E-state index contributed by atoms with van der Waals surface area (Å²) < 4.78 is 5.88. The van der Waals surface area contributed by atoms with Crippen molar-refractivity contribution in [2.24, 2.45) is 0 Å². The number of aliphatic hydroxyl groups is 1. The van der Waals surface area contributed by atoms with Gasteiger partial charge in [-0.15, -0.1) is 0 Å². The van der Waals surface area contributed by atoms with Crippen LogP contribution in [-0.2, 0) is 13.1 Å². The summed E-state index contributed by atoms with van der Waals surface area (Å²) in [4.78, 5) is 0. The van der Waals surface area contributed by atoms with Gasteiger partial charge in [-0.2, -0.15) is 0 Å². The second kappa shape index (κ2) is 7.67. The largest absolute Gasteiger partial charge is 0.460 e. The highest BCUT2D eigenvalue weighted by Crippen LogP contribution is 2.24. The van der Waals surface area contributed by atoms with Crippen LogP contribution in [-0.4, -0.2) is 5.11 Å². The van der Waals surface area contributed by atoms with Gasteiger partial charge in [0, 0.05) is 17.1 Å². The number of rotatable bonds is 6. The molecule has 2 aromatic carbocycles. The van der Waals surface area contributed by atoms with Gasteiger partial charge in [-0.1, -0.05) is 54.1 Å². The fraction of sp³-hybridized carbons (Fsp3) is 0.200. The van der Waals surface area contributed by atoms with E-state index in [0.29, 0.717) is 13.1 Å². The molecule has 3 rings (SSSR count). The van der Waals surface area contributed by atoms with Gasteiger partial charge in [-0.25, -0.2) is 0 Å². The van der Waals surface area contributed by atoms with E-state index in [1.807, 2.05) is 60.7 Å². The SMILES string of the molecule is C[C@@H](O)c1ccc(-c2ccc(CNCc3ccccc3Cl)o2)cc1. The van der Waals surface area contributed by atoms with Crippen molar-refractivity contribution in [3.63, 3.8) is 0 Å². The molecule has 3 nitrogen and oxygen atoms in total. The lowest BCUT2D eigenvalue weighted by Gasteiger charge is -2.06. The molecule has 0 saturated heterocycles. The van der Waals surface area contributed by atoms with Crippen LogP contribution in [0, 0.1) is 0 Å². The summed E-state index contributed by atoms with van der Waals surface area (Å²) in [5, 5.41) is 13.7. The van der Waals surface area contributed by atoms with E-state index >= 15 is 0 Å². The second-order valence-electron chi connectivity index (χ2n) is 5.76. The molecule has 0 aliphatic carbocycles. The molecule has 0 radical (unpaired) electrons. The Morgan fingerprint density at radius 3 is 2.46 bits per heavy atom. The molecule has 4 heteroatoms. The van der Waals surface area contributed by atoms with Crippen molar-refractivity contribution in [1.29, 1.82) is 0 Å². The van der Waals surface area contributed by atoms with Gasteiger partial charge in [0.2, 0.25) is 0 Å². The molecule has 0 bridgehead atoms. The minimum atomic E-state index is -0.458. The van der Waals surface area contributed by atoms with Gasteiger partial charge in [0.1, 0.15) is 11.5 Å². The van der Waals surface area contributed by atoms with Crippen molar-refractivity contribution in [2.75, 3.05) is 0 Å². The third-order valence-electron chi connectivity index (χ3n) is 3.91. The van der Waals surface area contributed by atoms with Crippen LogP contribution in [0.1, 0.15) is 29.9 Å². The van der Waals surface area contributed by atoms with Crippen molar-refractivity contribution in [2.45, 2.75) is 26.1 Å². The van der Waals surface area contributed by atoms with E-state index in [-0.39, 0.29) is 0 Å². The Morgan fingerprint density at radius 1 is 1.00 bits per heavy atom. The van der Waals surface area contributed by atoms with Crippen LogP contribution in [0.15, 0.2) is 65.1 Å². The summed E-state index contributed by atoms with van der Waals surface area (Å²) in [5.41, 5.74) is 2.96. The van der Waals surface area contributed by atoms with Gasteiger partial charge in [-0.05, 0) is 36.2 Å². The third kappa shape index (κ3) is 4.06. The van der Waals surface area contributed by atoms with Crippen LogP contribution < -0.4 is 5.32 Å².